The number of aromatic nitrogens is 2. The van der Waals surface area contributed by atoms with E-state index in [1.54, 1.807) is 24.3 Å². The summed E-state index contributed by atoms with van der Waals surface area (Å²) in [5, 5.41) is 6.70. The topological polar surface area (TPSA) is 74.5 Å². The van der Waals surface area contributed by atoms with Gasteiger partial charge in [-0.3, -0.25) is 4.79 Å². The van der Waals surface area contributed by atoms with Gasteiger partial charge in [0.05, 0.1) is 25.3 Å². The molecule has 214 valence electrons. The maximum Gasteiger partial charge on any atom is 0.298 e. The first-order chi connectivity index (χ1) is 20.3. The van der Waals surface area contributed by atoms with E-state index in [2.05, 4.69) is 17.1 Å². The third kappa shape index (κ3) is 4.84. The first-order valence-corrected chi connectivity index (χ1v) is 15.3. The first kappa shape index (κ1) is 27.7. The molecule has 0 N–H and O–H groups in total. The van der Waals surface area contributed by atoms with Gasteiger partial charge < -0.3 is 14.0 Å². The van der Waals surface area contributed by atoms with Gasteiger partial charge in [0, 0.05) is 40.0 Å². The molecule has 0 aliphatic heterocycles. The van der Waals surface area contributed by atoms with Gasteiger partial charge in [0.15, 0.2) is 5.82 Å². The number of nitrogens with zero attached hydrogens (tertiary/aromatic N) is 2. The third-order valence-electron chi connectivity index (χ3n) is 8.06. The quantitative estimate of drug-likeness (QED) is 0.149. The van der Waals surface area contributed by atoms with E-state index in [0.29, 0.717) is 42.7 Å². The molecule has 2 aliphatic carbocycles. The van der Waals surface area contributed by atoms with E-state index in [4.69, 9.17) is 48.8 Å². The van der Waals surface area contributed by atoms with E-state index in [-0.39, 0.29) is 35.7 Å². The fraction of sp³-hybridized carbons (Fsp3) is 0.258. The van der Waals surface area contributed by atoms with E-state index in [1.807, 2.05) is 18.2 Å². The van der Waals surface area contributed by atoms with Gasteiger partial charge in [0.25, 0.3) is 6.47 Å². The molecule has 2 aromatic heterocycles. The molecule has 11 heteroatoms. The Kier molecular flexibility index (Phi) is 6.93. The normalized spacial score (nSPS) is 19.7. The van der Waals surface area contributed by atoms with Crippen LogP contribution in [0.5, 0.6) is 11.5 Å². The van der Waals surface area contributed by atoms with Gasteiger partial charge in [-0.15, -0.1) is 11.3 Å². The van der Waals surface area contributed by atoms with Crippen molar-refractivity contribution in [2.45, 2.75) is 50.0 Å². The molecule has 0 saturated heterocycles. The van der Waals surface area contributed by atoms with Crippen LogP contribution in [0.4, 0.5) is 4.39 Å². The molecule has 3 aromatic carbocycles. The van der Waals surface area contributed by atoms with E-state index in [1.165, 1.54) is 17.4 Å². The van der Waals surface area contributed by atoms with Crippen molar-refractivity contribution in [3.8, 4) is 22.8 Å². The molecule has 5 aromatic rings. The van der Waals surface area contributed by atoms with Gasteiger partial charge in [0.2, 0.25) is 0 Å². The number of rotatable bonds is 9. The van der Waals surface area contributed by atoms with Crippen LogP contribution in [-0.2, 0) is 16.8 Å². The van der Waals surface area contributed by atoms with Crippen molar-refractivity contribution < 1.29 is 23.2 Å². The summed E-state index contributed by atoms with van der Waals surface area (Å²) in [6.07, 6.45) is 2.89. The Balaban J connectivity index is 1.12. The van der Waals surface area contributed by atoms with Crippen molar-refractivity contribution in [3.05, 3.63) is 91.3 Å². The summed E-state index contributed by atoms with van der Waals surface area (Å²) in [6.45, 7) is 2.62. The summed E-state index contributed by atoms with van der Waals surface area (Å²) < 4.78 is 32.0. The van der Waals surface area contributed by atoms with Crippen LogP contribution in [0.25, 0.3) is 21.5 Å². The molecule has 6 nitrogen and oxygen atoms in total. The molecule has 2 unspecified atom stereocenters. The highest BCUT2D eigenvalue weighted by Crippen LogP contribution is 2.62. The Labute approximate surface area is 259 Å². The zero-order chi connectivity index (χ0) is 29.2. The Morgan fingerprint density at radius 1 is 1.10 bits per heavy atom. The smallest absolute Gasteiger partial charge is 0.298 e. The van der Waals surface area contributed by atoms with Crippen LogP contribution >= 0.6 is 46.1 Å². The van der Waals surface area contributed by atoms with E-state index < -0.39 is 5.82 Å². The van der Waals surface area contributed by atoms with Crippen molar-refractivity contribution in [2.24, 2.45) is 0 Å². The number of ether oxygens (including phenoxy) is 2. The lowest BCUT2D eigenvalue weighted by molar-refractivity contribution is -0.120. The summed E-state index contributed by atoms with van der Waals surface area (Å²) >= 11 is 21.2. The third-order valence-corrected chi connectivity index (χ3v) is 10.1. The maximum absolute atomic E-state index is 14.6. The molecule has 7 rings (SSSR count). The largest absolute Gasteiger partial charge is 0.489 e. The Hall–Kier alpha value is -3.17. The number of hydrogen-bond acceptors (Lipinski definition) is 7. The minimum Gasteiger partial charge on any atom is -0.489 e. The minimum atomic E-state index is -0.522. The minimum absolute atomic E-state index is 0.0787. The lowest BCUT2D eigenvalue weighted by Crippen LogP contribution is -2.05. The van der Waals surface area contributed by atoms with E-state index in [9.17, 15) is 9.18 Å². The summed E-state index contributed by atoms with van der Waals surface area (Å²) in [4.78, 5) is 15.3. The Bertz CT molecular complexity index is 1850. The van der Waals surface area contributed by atoms with Crippen molar-refractivity contribution in [3.63, 3.8) is 0 Å². The highest BCUT2D eigenvalue weighted by atomic mass is 35.5. The molecule has 42 heavy (non-hydrogen) atoms. The van der Waals surface area contributed by atoms with Crippen molar-refractivity contribution in [1.29, 1.82) is 0 Å². The summed E-state index contributed by atoms with van der Waals surface area (Å²) in [5.74, 6) is 1.42. The number of halogens is 4. The highest BCUT2D eigenvalue weighted by molar-refractivity contribution is 7.18. The summed E-state index contributed by atoms with van der Waals surface area (Å²) in [7, 11) is 0. The number of carbonyl (C=O) groups excluding carboxylic acids is 1. The lowest BCUT2D eigenvalue weighted by atomic mass is 9.95. The molecule has 2 saturated carbocycles. The van der Waals surface area contributed by atoms with Gasteiger partial charge in [-0.05, 0) is 49.1 Å². The predicted octanol–water partition coefficient (Wildman–Crippen LogP) is 9.49. The van der Waals surface area contributed by atoms with Gasteiger partial charge >= 0.3 is 0 Å². The van der Waals surface area contributed by atoms with Crippen LogP contribution in [0, 0.1) is 5.82 Å². The zero-order valence-corrected chi connectivity index (χ0v) is 25.2. The highest BCUT2D eigenvalue weighted by Gasteiger charge is 2.54. The number of hydrogen-bond donors (Lipinski definition) is 0. The molecule has 0 amide bonds. The monoisotopic (exact) mass is 642 g/mol. The standard InChI is InChI=1S/C31H22Cl3FN2O4S/c1-31(12-20(31)30-36-28-24(35)10-17(40-14-38)11-25(28)42-30)19-8-7-16(9-23(19)34)39-13-18-27(37-41-29(18)15-5-6-15)26-21(32)3-2-4-22(26)33/h2-4,7-11,14-15,20H,5-6,12-13H2,1H3. The van der Waals surface area contributed by atoms with E-state index >= 15 is 0 Å². The Morgan fingerprint density at radius 2 is 1.88 bits per heavy atom. The fourth-order valence-electron chi connectivity index (χ4n) is 5.53. The zero-order valence-electron chi connectivity index (χ0n) is 22.1. The van der Waals surface area contributed by atoms with Gasteiger partial charge in [0.1, 0.15) is 35.1 Å². The molecular weight excluding hydrogens is 622 g/mol. The van der Waals surface area contributed by atoms with Gasteiger partial charge in [-0.2, -0.15) is 0 Å². The molecule has 2 atom stereocenters. The second-order valence-corrected chi connectivity index (χ2v) is 13.2. The van der Waals surface area contributed by atoms with Crippen molar-refractivity contribution in [1.82, 2.24) is 10.1 Å². The molecule has 0 bridgehead atoms. The van der Waals surface area contributed by atoms with Crippen LogP contribution in [-0.4, -0.2) is 16.6 Å². The number of benzene rings is 3. The van der Waals surface area contributed by atoms with Crippen LogP contribution in [0.3, 0.4) is 0 Å². The summed E-state index contributed by atoms with van der Waals surface area (Å²) in [5.41, 5.74) is 3.02. The van der Waals surface area contributed by atoms with Crippen LogP contribution in [0.2, 0.25) is 15.1 Å². The Morgan fingerprint density at radius 3 is 2.60 bits per heavy atom. The molecule has 2 aliphatic rings. The van der Waals surface area contributed by atoms with Crippen LogP contribution < -0.4 is 9.47 Å². The molecule has 0 spiro atoms. The fourth-order valence-corrected chi connectivity index (χ4v) is 7.76. The number of thiazole rings is 1. The van der Waals surface area contributed by atoms with Crippen molar-refractivity contribution in [2.75, 3.05) is 0 Å². The number of carbonyl (C=O) groups is 1. The first-order valence-electron chi connectivity index (χ1n) is 13.3. The van der Waals surface area contributed by atoms with Crippen LogP contribution in [0.15, 0.2) is 53.1 Å². The van der Waals surface area contributed by atoms with Gasteiger partial charge in [-0.25, -0.2) is 9.37 Å². The second kappa shape index (κ2) is 10.5. The molecule has 0 radical (unpaired) electrons. The molecular formula is C31H22Cl3FN2O4S. The van der Waals surface area contributed by atoms with Crippen molar-refractivity contribution >= 4 is 62.8 Å². The average molecular weight is 644 g/mol. The maximum atomic E-state index is 14.6. The number of fused-ring (bicyclic) bond motifs is 1. The molecule has 2 fully saturated rings. The average Bonchev–Trinajstić information content (AvgIpc) is 3.82. The van der Waals surface area contributed by atoms with Crippen LogP contribution in [0.1, 0.15) is 59.9 Å². The predicted molar refractivity (Wildman–Crippen MR) is 161 cm³/mol. The summed E-state index contributed by atoms with van der Waals surface area (Å²) in [6, 6.07) is 13.8. The van der Waals surface area contributed by atoms with E-state index in [0.717, 1.165) is 41.2 Å². The van der Waals surface area contributed by atoms with Gasteiger partial charge in [-0.1, -0.05) is 59.0 Å². The molecule has 2 heterocycles. The SMILES string of the molecule is CC1(c2ccc(OCc3c(-c4c(Cl)cccc4Cl)noc3C3CC3)cc2Cl)CC1c1nc2c(F)cc(OC=O)cc2s1. The lowest BCUT2D eigenvalue weighted by Gasteiger charge is -2.15. The second-order valence-electron chi connectivity index (χ2n) is 10.9.